The van der Waals surface area contributed by atoms with Crippen molar-refractivity contribution in [3.05, 3.63) is 29.8 Å². The molecule has 1 saturated carbocycles. The summed E-state index contributed by atoms with van der Waals surface area (Å²) in [6.07, 6.45) is 4.74. The summed E-state index contributed by atoms with van der Waals surface area (Å²) >= 11 is 0. The molecule has 0 aliphatic heterocycles. The molecule has 1 atom stereocenters. The van der Waals surface area contributed by atoms with Crippen LogP contribution in [-0.2, 0) is 16.4 Å². The van der Waals surface area contributed by atoms with E-state index in [0.717, 1.165) is 25.3 Å². The summed E-state index contributed by atoms with van der Waals surface area (Å²) in [5.74, 6) is 0.794. The first kappa shape index (κ1) is 15.5. The van der Waals surface area contributed by atoms with Gasteiger partial charge in [-0.3, -0.25) is 0 Å². The zero-order valence-corrected chi connectivity index (χ0v) is 13.0. The number of hydrogen-bond acceptors (Lipinski definition) is 3. The minimum Gasteiger partial charge on any atom is -0.313 e. The van der Waals surface area contributed by atoms with E-state index in [0.29, 0.717) is 10.9 Å². The van der Waals surface area contributed by atoms with Crippen molar-refractivity contribution in [1.82, 2.24) is 10.0 Å². The van der Waals surface area contributed by atoms with E-state index in [1.54, 1.807) is 12.1 Å². The summed E-state index contributed by atoms with van der Waals surface area (Å²) in [5.41, 5.74) is 1.19. The maximum atomic E-state index is 11.7. The van der Waals surface area contributed by atoms with Crippen molar-refractivity contribution in [1.29, 1.82) is 0 Å². The molecular formula is C15H24N2O2S. The van der Waals surface area contributed by atoms with Gasteiger partial charge in [0.1, 0.15) is 0 Å². The minimum atomic E-state index is -3.33. The van der Waals surface area contributed by atoms with Gasteiger partial charge < -0.3 is 5.32 Å². The molecule has 2 rings (SSSR count). The fraction of sp³-hybridized carbons (Fsp3) is 0.600. The maximum Gasteiger partial charge on any atom is 0.240 e. The molecule has 112 valence electrons. The van der Waals surface area contributed by atoms with Crippen LogP contribution in [0.1, 0.15) is 31.7 Å². The van der Waals surface area contributed by atoms with Gasteiger partial charge in [-0.2, -0.15) is 0 Å². The molecule has 5 heteroatoms. The van der Waals surface area contributed by atoms with E-state index in [9.17, 15) is 8.42 Å². The van der Waals surface area contributed by atoms with Crippen molar-refractivity contribution in [2.45, 2.75) is 43.5 Å². The maximum absolute atomic E-state index is 11.7. The Kier molecular flexibility index (Phi) is 5.18. The Morgan fingerprint density at radius 2 is 1.90 bits per heavy atom. The largest absolute Gasteiger partial charge is 0.313 e. The summed E-state index contributed by atoms with van der Waals surface area (Å²) in [7, 11) is -1.90. The molecular weight excluding hydrogens is 272 g/mol. The summed E-state index contributed by atoms with van der Waals surface area (Å²) in [4.78, 5) is 0.327. The summed E-state index contributed by atoms with van der Waals surface area (Å²) < 4.78 is 25.7. The minimum absolute atomic E-state index is 0.327. The monoisotopic (exact) mass is 296 g/mol. The lowest BCUT2D eigenvalue weighted by Crippen LogP contribution is -2.33. The molecule has 1 aromatic rings. The predicted molar refractivity (Wildman–Crippen MR) is 81.2 cm³/mol. The smallest absolute Gasteiger partial charge is 0.240 e. The predicted octanol–water partition coefficient (Wildman–Crippen LogP) is 1.92. The van der Waals surface area contributed by atoms with Gasteiger partial charge in [-0.15, -0.1) is 0 Å². The van der Waals surface area contributed by atoms with Gasteiger partial charge in [0.15, 0.2) is 0 Å². The van der Waals surface area contributed by atoms with E-state index in [1.165, 1.54) is 25.5 Å². The van der Waals surface area contributed by atoms with E-state index >= 15 is 0 Å². The van der Waals surface area contributed by atoms with Crippen molar-refractivity contribution >= 4 is 10.0 Å². The normalized spacial score (nSPS) is 17.1. The Labute approximate surface area is 122 Å². The standard InChI is InChI=1S/C15H24N2O2S/c1-3-10-17-15(13-6-7-13)11-12-4-8-14(9-5-12)20(18,19)16-2/h4-5,8-9,13,15-17H,3,6-7,10-11H2,1-2H3. The van der Waals surface area contributed by atoms with E-state index in [2.05, 4.69) is 17.0 Å². The second-order valence-corrected chi connectivity index (χ2v) is 7.34. The number of benzene rings is 1. The number of nitrogens with one attached hydrogen (secondary N) is 2. The Balaban J connectivity index is 2.02. The van der Waals surface area contributed by atoms with E-state index in [-0.39, 0.29) is 0 Å². The molecule has 0 radical (unpaired) electrons. The molecule has 0 saturated heterocycles. The Hall–Kier alpha value is -0.910. The fourth-order valence-corrected chi connectivity index (χ4v) is 3.14. The number of hydrogen-bond donors (Lipinski definition) is 2. The molecule has 0 amide bonds. The first-order valence-corrected chi connectivity index (χ1v) is 8.81. The lowest BCUT2D eigenvalue weighted by atomic mass is 10.0. The van der Waals surface area contributed by atoms with Crippen molar-refractivity contribution in [2.75, 3.05) is 13.6 Å². The first-order valence-electron chi connectivity index (χ1n) is 7.32. The highest BCUT2D eigenvalue weighted by molar-refractivity contribution is 7.89. The third-order valence-electron chi connectivity index (χ3n) is 3.81. The van der Waals surface area contributed by atoms with Gasteiger partial charge in [0.2, 0.25) is 10.0 Å². The van der Waals surface area contributed by atoms with Crippen LogP contribution in [0.2, 0.25) is 0 Å². The average Bonchev–Trinajstić information content (AvgIpc) is 3.28. The van der Waals surface area contributed by atoms with Gasteiger partial charge in [0, 0.05) is 6.04 Å². The zero-order valence-electron chi connectivity index (χ0n) is 12.2. The number of sulfonamides is 1. The highest BCUT2D eigenvalue weighted by Gasteiger charge is 2.30. The van der Waals surface area contributed by atoms with Gasteiger partial charge in [0.05, 0.1) is 4.90 Å². The summed E-state index contributed by atoms with van der Waals surface area (Å²) in [6, 6.07) is 7.75. The quantitative estimate of drug-likeness (QED) is 0.770. The number of rotatable bonds is 8. The second-order valence-electron chi connectivity index (χ2n) is 5.45. The van der Waals surface area contributed by atoms with Gasteiger partial charge in [-0.25, -0.2) is 13.1 Å². The molecule has 0 spiro atoms. The first-order chi connectivity index (χ1) is 9.56. The molecule has 1 aliphatic rings. The van der Waals surface area contributed by atoms with Crippen molar-refractivity contribution in [3.8, 4) is 0 Å². The summed E-state index contributed by atoms with van der Waals surface area (Å²) in [5, 5.41) is 3.61. The topological polar surface area (TPSA) is 58.2 Å². The highest BCUT2D eigenvalue weighted by Crippen LogP contribution is 2.34. The Morgan fingerprint density at radius 3 is 2.40 bits per heavy atom. The highest BCUT2D eigenvalue weighted by atomic mass is 32.2. The van der Waals surface area contributed by atoms with Crippen LogP contribution in [0.4, 0.5) is 0 Å². The summed E-state index contributed by atoms with van der Waals surface area (Å²) in [6.45, 7) is 3.22. The average molecular weight is 296 g/mol. The Morgan fingerprint density at radius 1 is 1.25 bits per heavy atom. The molecule has 1 unspecified atom stereocenters. The molecule has 1 aromatic carbocycles. The SMILES string of the molecule is CCCNC(Cc1ccc(S(=O)(=O)NC)cc1)C1CC1. The lowest BCUT2D eigenvalue weighted by molar-refractivity contribution is 0.460. The van der Waals surface area contributed by atoms with Gasteiger partial charge in [-0.1, -0.05) is 19.1 Å². The molecule has 4 nitrogen and oxygen atoms in total. The van der Waals surface area contributed by atoms with Crippen LogP contribution in [0.15, 0.2) is 29.2 Å². The van der Waals surface area contributed by atoms with Crippen molar-refractivity contribution in [3.63, 3.8) is 0 Å². The molecule has 0 bridgehead atoms. The van der Waals surface area contributed by atoms with E-state index in [4.69, 9.17) is 0 Å². The van der Waals surface area contributed by atoms with Crippen LogP contribution in [0.25, 0.3) is 0 Å². The van der Waals surface area contributed by atoms with Crippen LogP contribution in [0, 0.1) is 5.92 Å². The second kappa shape index (κ2) is 6.70. The van der Waals surface area contributed by atoms with Crippen molar-refractivity contribution < 1.29 is 8.42 Å². The molecule has 0 heterocycles. The Bertz CT molecular complexity index is 521. The van der Waals surface area contributed by atoms with Crippen LogP contribution in [0.5, 0.6) is 0 Å². The van der Waals surface area contributed by atoms with Crippen LogP contribution >= 0.6 is 0 Å². The van der Waals surface area contributed by atoms with Gasteiger partial charge in [-0.05, 0) is 62.9 Å². The molecule has 1 aliphatic carbocycles. The van der Waals surface area contributed by atoms with E-state index in [1.807, 2.05) is 12.1 Å². The zero-order chi connectivity index (χ0) is 14.6. The van der Waals surface area contributed by atoms with Crippen LogP contribution < -0.4 is 10.0 Å². The lowest BCUT2D eigenvalue weighted by Gasteiger charge is -2.18. The molecule has 20 heavy (non-hydrogen) atoms. The molecule has 2 N–H and O–H groups in total. The molecule has 1 fully saturated rings. The van der Waals surface area contributed by atoms with E-state index < -0.39 is 10.0 Å². The van der Waals surface area contributed by atoms with Gasteiger partial charge in [0.25, 0.3) is 0 Å². The van der Waals surface area contributed by atoms with Crippen molar-refractivity contribution in [2.24, 2.45) is 5.92 Å². The van der Waals surface area contributed by atoms with Crippen LogP contribution in [-0.4, -0.2) is 28.1 Å². The third kappa shape index (κ3) is 4.04. The van der Waals surface area contributed by atoms with Gasteiger partial charge >= 0.3 is 0 Å². The fourth-order valence-electron chi connectivity index (χ4n) is 2.41. The third-order valence-corrected chi connectivity index (χ3v) is 5.24. The van der Waals surface area contributed by atoms with Crippen LogP contribution in [0.3, 0.4) is 0 Å². The molecule has 0 aromatic heterocycles.